The van der Waals surface area contributed by atoms with Crippen molar-refractivity contribution in [2.24, 2.45) is 29.1 Å². The summed E-state index contributed by atoms with van der Waals surface area (Å²) >= 11 is 0. The molecule has 5 aliphatic rings. The maximum atomic E-state index is 14.0. The number of carbonyl (C=O) groups is 3. The van der Waals surface area contributed by atoms with Crippen LogP contribution in [-0.2, 0) is 14.4 Å². The average molecular weight is 399 g/mol. The van der Waals surface area contributed by atoms with E-state index in [0.717, 1.165) is 19.3 Å². The van der Waals surface area contributed by atoms with Gasteiger partial charge in [0.15, 0.2) is 0 Å². The van der Waals surface area contributed by atoms with Crippen molar-refractivity contribution in [1.29, 1.82) is 0 Å². The summed E-state index contributed by atoms with van der Waals surface area (Å²) in [5.41, 5.74) is 5.05. The second-order valence-corrected chi connectivity index (χ2v) is 9.50. The molecule has 7 heteroatoms. The zero-order valence-electron chi connectivity index (χ0n) is 16.3. The van der Waals surface area contributed by atoms with Gasteiger partial charge in [-0.1, -0.05) is 12.1 Å². The molecular formula is C22H26FN3O3. The van der Waals surface area contributed by atoms with Crippen LogP contribution < -0.4 is 15.8 Å². The minimum absolute atomic E-state index is 0.00734. The number of carbonyl (C=O) groups excluding carboxylic acids is 3. The second-order valence-electron chi connectivity index (χ2n) is 9.50. The van der Waals surface area contributed by atoms with Gasteiger partial charge in [0, 0.05) is 13.0 Å². The summed E-state index contributed by atoms with van der Waals surface area (Å²) in [6, 6.07) is 6.04. The summed E-state index contributed by atoms with van der Waals surface area (Å²) in [5, 5.41) is 0. The number of nitrogens with zero attached hydrogens (tertiary/aromatic N) is 1. The molecule has 0 radical (unpaired) electrons. The Bertz CT molecular complexity index is 835. The zero-order chi connectivity index (χ0) is 20.2. The van der Waals surface area contributed by atoms with Crippen LogP contribution in [0.4, 0.5) is 10.1 Å². The van der Waals surface area contributed by atoms with Crippen LogP contribution in [0.25, 0.3) is 0 Å². The molecule has 6 rings (SSSR count). The molecule has 3 amide bonds. The molecule has 0 aromatic heterocycles. The lowest BCUT2D eigenvalue weighted by atomic mass is 9.49. The lowest BCUT2D eigenvalue weighted by Gasteiger charge is -2.55. The molecular weight excluding hydrogens is 373 g/mol. The van der Waals surface area contributed by atoms with Crippen molar-refractivity contribution < 1.29 is 18.8 Å². The highest BCUT2D eigenvalue weighted by Crippen LogP contribution is 2.60. The van der Waals surface area contributed by atoms with Gasteiger partial charge in [-0.3, -0.25) is 25.2 Å². The molecule has 4 bridgehead atoms. The van der Waals surface area contributed by atoms with E-state index < -0.39 is 17.6 Å². The quantitative estimate of drug-likeness (QED) is 0.767. The van der Waals surface area contributed by atoms with Gasteiger partial charge >= 0.3 is 0 Å². The van der Waals surface area contributed by atoms with Crippen LogP contribution in [0.3, 0.4) is 0 Å². The Labute approximate surface area is 169 Å². The van der Waals surface area contributed by atoms with Crippen molar-refractivity contribution in [2.75, 3.05) is 11.4 Å². The number of anilines is 1. The molecule has 1 aliphatic heterocycles. The Morgan fingerprint density at radius 3 is 2.24 bits per heavy atom. The second kappa shape index (κ2) is 6.82. The number of hydrogen-bond donors (Lipinski definition) is 2. The summed E-state index contributed by atoms with van der Waals surface area (Å²) in [4.78, 5) is 39.2. The van der Waals surface area contributed by atoms with E-state index in [1.807, 2.05) is 0 Å². The molecule has 4 saturated carbocycles. The van der Waals surface area contributed by atoms with Gasteiger partial charge in [-0.15, -0.1) is 0 Å². The highest BCUT2D eigenvalue weighted by molar-refractivity contribution is 6.00. The first-order valence-corrected chi connectivity index (χ1v) is 10.6. The van der Waals surface area contributed by atoms with Crippen molar-refractivity contribution in [3.05, 3.63) is 30.1 Å². The minimum atomic E-state index is -0.612. The lowest BCUT2D eigenvalue weighted by molar-refractivity contribution is -0.149. The number of rotatable bonds is 3. The van der Waals surface area contributed by atoms with Crippen LogP contribution >= 0.6 is 0 Å². The van der Waals surface area contributed by atoms with Gasteiger partial charge in [0.1, 0.15) is 5.82 Å². The van der Waals surface area contributed by atoms with E-state index >= 15 is 0 Å². The van der Waals surface area contributed by atoms with E-state index in [1.165, 1.54) is 36.3 Å². The summed E-state index contributed by atoms with van der Waals surface area (Å²) in [6.45, 7) is 0.110. The maximum absolute atomic E-state index is 14.0. The van der Waals surface area contributed by atoms with Gasteiger partial charge in [-0.2, -0.15) is 0 Å². The third-order valence-corrected chi connectivity index (χ3v) is 7.46. The molecule has 0 spiro atoms. The first kappa shape index (κ1) is 18.6. The SMILES string of the molecule is O=C(NNC(=O)C12CC3CC(CC(C3)C1)C2)[C@@H]1CC(=O)N(c2ccccc2F)C1. The number of hydrogen-bond acceptors (Lipinski definition) is 3. The molecule has 1 heterocycles. The highest BCUT2D eigenvalue weighted by atomic mass is 19.1. The van der Waals surface area contributed by atoms with Gasteiger partial charge in [-0.25, -0.2) is 4.39 Å². The first-order valence-electron chi connectivity index (χ1n) is 10.6. The minimum Gasteiger partial charge on any atom is -0.309 e. The van der Waals surface area contributed by atoms with Crippen molar-refractivity contribution in [2.45, 2.75) is 44.9 Å². The van der Waals surface area contributed by atoms with E-state index in [0.29, 0.717) is 17.8 Å². The number of para-hydroxylation sites is 1. The summed E-state index contributed by atoms with van der Waals surface area (Å²) in [6.07, 6.45) is 6.50. The number of hydrazine groups is 1. The molecule has 2 N–H and O–H groups in total. The van der Waals surface area contributed by atoms with E-state index in [9.17, 15) is 18.8 Å². The van der Waals surface area contributed by atoms with E-state index in [4.69, 9.17) is 0 Å². The Balaban J connectivity index is 1.20. The molecule has 0 unspecified atom stereocenters. The third-order valence-electron chi connectivity index (χ3n) is 7.46. The summed E-state index contributed by atoms with van der Waals surface area (Å²) < 4.78 is 14.0. The lowest BCUT2D eigenvalue weighted by Crippen LogP contribution is -2.57. The van der Waals surface area contributed by atoms with Gasteiger partial charge in [-0.05, 0) is 68.4 Å². The molecule has 1 atom stereocenters. The number of halogens is 1. The largest absolute Gasteiger partial charge is 0.309 e. The summed E-state index contributed by atoms with van der Waals surface area (Å²) in [5.74, 6) is 0.0624. The average Bonchev–Trinajstić information content (AvgIpc) is 3.06. The Hall–Kier alpha value is -2.44. The Morgan fingerprint density at radius 2 is 1.62 bits per heavy atom. The van der Waals surface area contributed by atoms with Crippen molar-refractivity contribution >= 4 is 23.4 Å². The first-order chi connectivity index (χ1) is 13.9. The molecule has 29 heavy (non-hydrogen) atoms. The molecule has 1 saturated heterocycles. The molecule has 4 aliphatic carbocycles. The molecule has 154 valence electrons. The predicted molar refractivity (Wildman–Crippen MR) is 104 cm³/mol. The van der Waals surface area contributed by atoms with Crippen molar-refractivity contribution in [3.63, 3.8) is 0 Å². The van der Waals surface area contributed by atoms with E-state index in [-0.39, 0.29) is 35.9 Å². The Kier molecular flexibility index (Phi) is 4.37. The smallest absolute Gasteiger partial charge is 0.244 e. The fourth-order valence-corrected chi connectivity index (χ4v) is 6.53. The van der Waals surface area contributed by atoms with Crippen LogP contribution in [-0.4, -0.2) is 24.3 Å². The monoisotopic (exact) mass is 399 g/mol. The van der Waals surface area contributed by atoms with E-state index in [1.54, 1.807) is 12.1 Å². The van der Waals surface area contributed by atoms with Crippen LogP contribution in [0.2, 0.25) is 0 Å². The van der Waals surface area contributed by atoms with Crippen LogP contribution in [0.15, 0.2) is 24.3 Å². The third kappa shape index (κ3) is 3.20. The molecule has 5 fully saturated rings. The molecule has 1 aromatic rings. The van der Waals surface area contributed by atoms with Crippen molar-refractivity contribution in [3.8, 4) is 0 Å². The molecule has 6 nitrogen and oxygen atoms in total. The highest BCUT2D eigenvalue weighted by Gasteiger charge is 2.54. The number of nitrogens with one attached hydrogen (secondary N) is 2. The van der Waals surface area contributed by atoms with Gasteiger partial charge in [0.2, 0.25) is 17.7 Å². The van der Waals surface area contributed by atoms with Crippen molar-refractivity contribution in [1.82, 2.24) is 10.9 Å². The van der Waals surface area contributed by atoms with Gasteiger partial charge < -0.3 is 4.90 Å². The predicted octanol–water partition coefficient (Wildman–Crippen LogP) is 2.54. The van der Waals surface area contributed by atoms with Crippen LogP contribution in [0.5, 0.6) is 0 Å². The molecule has 1 aromatic carbocycles. The fraction of sp³-hybridized carbons (Fsp3) is 0.591. The Morgan fingerprint density at radius 1 is 1.00 bits per heavy atom. The van der Waals surface area contributed by atoms with Crippen LogP contribution in [0.1, 0.15) is 44.9 Å². The van der Waals surface area contributed by atoms with E-state index in [2.05, 4.69) is 10.9 Å². The number of amides is 3. The number of benzene rings is 1. The van der Waals surface area contributed by atoms with Gasteiger partial charge in [0.25, 0.3) is 0 Å². The van der Waals surface area contributed by atoms with Gasteiger partial charge in [0.05, 0.1) is 17.0 Å². The summed E-state index contributed by atoms with van der Waals surface area (Å²) in [7, 11) is 0. The maximum Gasteiger partial charge on any atom is 0.244 e. The fourth-order valence-electron chi connectivity index (χ4n) is 6.53. The normalized spacial score (nSPS) is 35.1. The topological polar surface area (TPSA) is 78.5 Å². The van der Waals surface area contributed by atoms with Crippen LogP contribution in [0, 0.1) is 34.9 Å². The standard InChI is InChI=1S/C22H26FN3O3/c23-17-3-1-2-4-18(17)26-12-16(8-19(26)27)20(28)24-25-21(29)22-9-13-5-14(10-22)7-15(6-13)11-22/h1-4,13-16H,5-12H2,(H,24,28)(H,25,29)/t13?,14?,15?,16-,22?/m1/s1. The zero-order valence-corrected chi connectivity index (χ0v) is 16.3.